The maximum atomic E-state index is 10.8. The first-order chi connectivity index (χ1) is 7.75. The Balaban J connectivity index is 2.23. The summed E-state index contributed by atoms with van der Waals surface area (Å²) in [6.45, 7) is 1.43. The average Bonchev–Trinajstić information content (AvgIpc) is 2.30. The van der Waals surface area contributed by atoms with E-state index in [0.29, 0.717) is 17.2 Å². The SMILES string of the molecule is CC(=O)Nc1ccc(-c2nncnn2)nc1. The highest BCUT2D eigenvalue weighted by Crippen LogP contribution is 2.12. The molecule has 0 bridgehead atoms. The molecule has 2 heterocycles. The van der Waals surface area contributed by atoms with E-state index in [9.17, 15) is 4.79 Å². The van der Waals surface area contributed by atoms with E-state index in [0.717, 1.165) is 0 Å². The zero-order valence-electron chi connectivity index (χ0n) is 8.45. The second-order valence-corrected chi connectivity index (χ2v) is 2.98. The third-order valence-corrected chi connectivity index (χ3v) is 1.72. The van der Waals surface area contributed by atoms with Crippen LogP contribution in [0.4, 0.5) is 5.69 Å². The standard InChI is InChI=1S/C9H8N6O/c1-6(16)13-7-2-3-8(10-4-7)9-14-11-5-12-15-9/h2-5H,1H3,(H,13,16). The second kappa shape index (κ2) is 4.39. The van der Waals surface area contributed by atoms with Crippen molar-refractivity contribution in [2.24, 2.45) is 0 Å². The highest BCUT2D eigenvalue weighted by atomic mass is 16.1. The fraction of sp³-hybridized carbons (Fsp3) is 0.111. The van der Waals surface area contributed by atoms with Gasteiger partial charge < -0.3 is 5.32 Å². The Kier molecular flexibility index (Phi) is 2.77. The van der Waals surface area contributed by atoms with Crippen LogP contribution in [-0.4, -0.2) is 31.3 Å². The summed E-state index contributed by atoms with van der Waals surface area (Å²) in [6, 6.07) is 3.39. The molecule has 0 aliphatic rings. The molecule has 7 heteroatoms. The van der Waals surface area contributed by atoms with Gasteiger partial charge in [-0.25, -0.2) is 0 Å². The van der Waals surface area contributed by atoms with Crippen molar-refractivity contribution in [2.45, 2.75) is 6.92 Å². The fourth-order valence-electron chi connectivity index (χ4n) is 1.11. The van der Waals surface area contributed by atoms with Crippen LogP contribution in [0.1, 0.15) is 6.92 Å². The number of amides is 1. The third-order valence-electron chi connectivity index (χ3n) is 1.72. The summed E-state index contributed by atoms with van der Waals surface area (Å²) >= 11 is 0. The maximum absolute atomic E-state index is 10.8. The van der Waals surface area contributed by atoms with Crippen molar-refractivity contribution in [1.29, 1.82) is 0 Å². The van der Waals surface area contributed by atoms with E-state index in [2.05, 4.69) is 30.7 Å². The number of aromatic nitrogens is 5. The number of hydrogen-bond acceptors (Lipinski definition) is 6. The van der Waals surface area contributed by atoms with E-state index < -0.39 is 0 Å². The Morgan fingerprint density at radius 1 is 1.25 bits per heavy atom. The van der Waals surface area contributed by atoms with E-state index in [1.54, 1.807) is 12.1 Å². The molecular formula is C9H8N6O. The lowest BCUT2D eigenvalue weighted by Gasteiger charge is -2.01. The Bertz CT molecular complexity index is 483. The van der Waals surface area contributed by atoms with Gasteiger partial charge in [-0.05, 0) is 12.1 Å². The smallest absolute Gasteiger partial charge is 0.221 e. The van der Waals surface area contributed by atoms with Gasteiger partial charge in [0.15, 0.2) is 6.33 Å². The molecule has 1 N–H and O–H groups in total. The summed E-state index contributed by atoms with van der Waals surface area (Å²) in [5.41, 5.74) is 1.17. The van der Waals surface area contributed by atoms with Gasteiger partial charge in [0.1, 0.15) is 5.69 Å². The molecule has 0 aliphatic carbocycles. The van der Waals surface area contributed by atoms with Gasteiger partial charge in [-0.15, -0.1) is 20.4 Å². The van der Waals surface area contributed by atoms with Gasteiger partial charge in [-0.3, -0.25) is 9.78 Å². The van der Waals surface area contributed by atoms with Crippen LogP contribution in [0.2, 0.25) is 0 Å². The minimum atomic E-state index is -0.145. The van der Waals surface area contributed by atoms with Crippen molar-refractivity contribution in [3.63, 3.8) is 0 Å². The van der Waals surface area contributed by atoms with Gasteiger partial charge in [0.05, 0.1) is 11.9 Å². The maximum Gasteiger partial charge on any atom is 0.221 e. The highest BCUT2D eigenvalue weighted by Gasteiger charge is 2.03. The van der Waals surface area contributed by atoms with Gasteiger partial charge in [-0.2, -0.15) is 0 Å². The molecular weight excluding hydrogens is 208 g/mol. The van der Waals surface area contributed by atoms with Crippen LogP contribution in [0.15, 0.2) is 24.7 Å². The topological polar surface area (TPSA) is 93.6 Å². The quantitative estimate of drug-likeness (QED) is 0.775. The molecule has 1 amide bonds. The molecule has 0 fully saturated rings. The Morgan fingerprint density at radius 3 is 2.56 bits per heavy atom. The Morgan fingerprint density at radius 2 is 2.00 bits per heavy atom. The lowest BCUT2D eigenvalue weighted by molar-refractivity contribution is -0.114. The van der Waals surface area contributed by atoms with Gasteiger partial charge in [0.2, 0.25) is 11.7 Å². The summed E-state index contributed by atoms with van der Waals surface area (Å²) < 4.78 is 0. The van der Waals surface area contributed by atoms with Crippen molar-refractivity contribution in [1.82, 2.24) is 25.4 Å². The molecule has 0 radical (unpaired) electrons. The number of rotatable bonds is 2. The molecule has 0 aromatic carbocycles. The first-order valence-electron chi connectivity index (χ1n) is 4.50. The Hall–Kier alpha value is -2.44. The summed E-state index contributed by atoms with van der Waals surface area (Å²) in [4.78, 5) is 14.9. The van der Waals surface area contributed by atoms with Crippen LogP contribution in [0.5, 0.6) is 0 Å². The molecule has 16 heavy (non-hydrogen) atoms. The first-order valence-corrected chi connectivity index (χ1v) is 4.50. The molecule has 2 aromatic rings. The van der Waals surface area contributed by atoms with Gasteiger partial charge in [0.25, 0.3) is 0 Å². The minimum absolute atomic E-state index is 0.145. The number of nitrogens with zero attached hydrogens (tertiary/aromatic N) is 5. The van der Waals surface area contributed by atoms with Crippen molar-refractivity contribution in [3.8, 4) is 11.5 Å². The number of anilines is 1. The molecule has 80 valence electrons. The molecule has 0 saturated carbocycles. The van der Waals surface area contributed by atoms with Crippen LogP contribution < -0.4 is 5.32 Å². The zero-order chi connectivity index (χ0) is 11.4. The number of hydrogen-bond donors (Lipinski definition) is 1. The predicted molar refractivity (Wildman–Crippen MR) is 55.2 cm³/mol. The minimum Gasteiger partial charge on any atom is -0.325 e. The molecule has 0 spiro atoms. The normalized spacial score (nSPS) is 9.81. The lowest BCUT2D eigenvalue weighted by Crippen LogP contribution is -2.06. The van der Waals surface area contributed by atoms with E-state index in [-0.39, 0.29) is 5.91 Å². The molecule has 0 saturated heterocycles. The highest BCUT2D eigenvalue weighted by molar-refractivity contribution is 5.88. The molecule has 0 atom stereocenters. The summed E-state index contributed by atoms with van der Waals surface area (Å²) in [5.74, 6) is 0.200. The van der Waals surface area contributed by atoms with E-state index in [4.69, 9.17) is 0 Å². The van der Waals surface area contributed by atoms with E-state index in [1.807, 2.05) is 0 Å². The number of carbonyl (C=O) groups is 1. The van der Waals surface area contributed by atoms with Crippen LogP contribution in [-0.2, 0) is 4.79 Å². The number of carbonyl (C=O) groups excluding carboxylic acids is 1. The van der Waals surface area contributed by atoms with Crippen LogP contribution >= 0.6 is 0 Å². The van der Waals surface area contributed by atoms with Crippen LogP contribution in [0.25, 0.3) is 11.5 Å². The number of pyridine rings is 1. The largest absolute Gasteiger partial charge is 0.325 e. The van der Waals surface area contributed by atoms with Crippen molar-refractivity contribution in [2.75, 3.05) is 5.32 Å². The third kappa shape index (κ3) is 2.32. The van der Waals surface area contributed by atoms with Gasteiger partial charge >= 0.3 is 0 Å². The average molecular weight is 216 g/mol. The number of nitrogens with one attached hydrogen (secondary N) is 1. The molecule has 7 nitrogen and oxygen atoms in total. The van der Waals surface area contributed by atoms with Crippen molar-refractivity contribution in [3.05, 3.63) is 24.7 Å². The lowest BCUT2D eigenvalue weighted by atomic mass is 10.3. The zero-order valence-corrected chi connectivity index (χ0v) is 8.45. The fourth-order valence-corrected chi connectivity index (χ4v) is 1.11. The molecule has 2 rings (SSSR count). The molecule has 2 aromatic heterocycles. The van der Waals surface area contributed by atoms with Crippen molar-refractivity contribution < 1.29 is 4.79 Å². The first kappa shape index (κ1) is 10.1. The van der Waals surface area contributed by atoms with Gasteiger partial charge in [-0.1, -0.05) is 0 Å². The summed E-state index contributed by atoms with van der Waals surface area (Å²) in [7, 11) is 0. The molecule has 0 aliphatic heterocycles. The van der Waals surface area contributed by atoms with E-state index in [1.165, 1.54) is 19.4 Å². The van der Waals surface area contributed by atoms with Crippen molar-refractivity contribution >= 4 is 11.6 Å². The summed E-state index contributed by atoms with van der Waals surface area (Å²) in [5, 5.41) is 17.3. The second-order valence-electron chi connectivity index (χ2n) is 2.98. The predicted octanol–water partition coefficient (Wildman–Crippen LogP) is 0.287. The molecule has 0 unspecified atom stereocenters. The summed E-state index contributed by atoms with van der Waals surface area (Å²) in [6.07, 6.45) is 2.77. The van der Waals surface area contributed by atoms with E-state index >= 15 is 0 Å². The van der Waals surface area contributed by atoms with Crippen LogP contribution in [0.3, 0.4) is 0 Å². The Labute approximate surface area is 91.0 Å². The monoisotopic (exact) mass is 216 g/mol. The van der Waals surface area contributed by atoms with Crippen LogP contribution in [0, 0.1) is 0 Å². The van der Waals surface area contributed by atoms with Gasteiger partial charge in [0, 0.05) is 6.92 Å².